The first kappa shape index (κ1) is 11.7. The lowest BCUT2D eigenvalue weighted by Gasteiger charge is -2.32. The number of nitrogens with zero attached hydrogens (tertiary/aromatic N) is 3. The van der Waals surface area contributed by atoms with Gasteiger partial charge in [0.25, 0.3) is 5.92 Å². The SMILES string of the molecule is CO[C@@H]1CCC2C(N=NN2C)C(F)(F)CC1. The molecule has 4 nitrogen and oxygen atoms in total. The van der Waals surface area contributed by atoms with Gasteiger partial charge in [0.2, 0.25) is 0 Å². The van der Waals surface area contributed by atoms with Gasteiger partial charge in [-0.15, -0.1) is 0 Å². The molecule has 6 heteroatoms. The summed E-state index contributed by atoms with van der Waals surface area (Å²) in [5, 5.41) is 9.00. The van der Waals surface area contributed by atoms with E-state index < -0.39 is 12.0 Å². The third-order valence-electron chi connectivity index (χ3n) is 3.51. The van der Waals surface area contributed by atoms with Crippen molar-refractivity contribution in [1.82, 2.24) is 5.01 Å². The lowest BCUT2D eigenvalue weighted by atomic mass is 9.88. The van der Waals surface area contributed by atoms with E-state index >= 15 is 0 Å². The Bertz CT molecular complexity index is 285. The van der Waals surface area contributed by atoms with E-state index in [4.69, 9.17) is 4.74 Å². The Labute approximate surface area is 93.6 Å². The van der Waals surface area contributed by atoms with Gasteiger partial charge in [-0.05, 0) is 19.3 Å². The third-order valence-corrected chi connectivity index (χ3v) is 3.51. The molecule has 16 heavy (non-hydrogen) atoms. The first-order valence-corrected chi connectivity index (χ1v) is 5.59. The molecule has 0 radical (unpaired) electrons. The maximum absolute atomic E-state index is 13.8. The van der Waals surface area contributed by atoms with E-state index in [1.807, 2.05) is 0 Å². The number of hydrogen-bond donors (Lipinski definition) is 0. The molecule has 0 saturated heterocycles. The van der Waals surface area contributed by atoms with Crippen molar-refractivity contribution in [2.24, 2.45) is 10.3 Å². The predicted octanol–water partition coefficient (Wildman–Crippen LogP) is 2.26. The van der Waals surface area contributed by atoms with E-state index in [-0.39, 0.29) is 18.6 Å². The summed E-state index contributed by atoms with van der Waals surface area (Å²) in [5.74, 6) is -2.77. The highest BCUT2D eigenvalue weighted by molar-refractivity contribution is 4.97. The van der Waals surface area contributed by atoms with Crippen molar-refractivity contribution in [3.8, 4) is 0 Å². The number of alkyl halides is 2. The highest BCUT2D eigenvalue weighted by Crippen LogP contribution is 2.38. The number of methoxy groups -OCH3 is 1. The van der Waals surface area contributed by atoms with E-state index in [0.29, 0.717) is 12.8 Å². The van der Waals surface area contributed by atoms with Crippen LogP contribution in [0.1, 0.15) is 25.7 Å². The maximum Gasteiger partial charge on any atom is 0.274 e. The van der Waals surface area contributed by atoms with Crippen LogP contribution in [0.15, 0.2) is 10.3 Å². The monoisotopic (exact) mass is 233 g/mol. The summed E-state index contributed by atoms with van der Waals surface area (Å²) in [6, 6.07) is -1.26. The molecule has 92 valence electrons. The van der Waals surface area contributed by atoms with Gasteiger partial charge in [-0.2, -0.15) is 5.11 Å². The van der Waals surface area contributed by atoms with Crippen LogP contribution in [-0.2, 0) is 4.74 Å². The second kappa shape index (κ2) is 4.24. The Morgan fingerprint density at radius 1 is 1.31 bits per heavy atom. The summed E-state index contributed by atoms with van der Waals surface area (Å²) >= 11 is 0. The van der Waals surface area contributed by atoms with Gasteiger partial charge < -0.3 is 4.74 Å². The van der Waals surface area contributed by atoms with Gasteiger partial charge in [0.15, 0.2) is 6.04 Å². The van der Waals surface area contributed by atoms with E-state index in [1.54, 1.807) is 19.2 Å². The molecule has 0 spiro atoms. The highest BCUT2D eigenvalue weighted by Gasteiger charge is 2.49. The molecule has 2 rings (SSSR count). The van der Waals surface area contributed by atoms with Crippen LogP contribution in [-0.4, -0.2) is 43.3 Å². The largest absolute Gasteiger partial charge is 0.381 e. The number of rotatable bonds is 1. The highest BCUT2D eigenvalue weighted by atomic mass is 19.3. The van der Waals surface area contributed by atoms with Gasteiger partial charge >= 0.3 is 0 Å². The molecular formula is C10H17F2N3O. The van der Waals surface area contributed by atoms with Gasteiger partial charge in [-0.3, -0.25) is 5.01 Å². The lowest BCUT2D eigenvalue weighted by molar-refractivity contribution is -0.0691. The average Bonchev–Trinajstić information content (AvgIpc) is 2.59. The quantitative estimate of drug-likeness (QED) is 0.696. The molecule has 2 unspecified atom stereocenters. The molecule has 0 aromatic heterocycles. The van der Waals surface area contributed by atoms with Crippen LogP contribution in [0.5, 0.6) is 0 Å². The molecule has 3 atom stereocenters. The predicted molar refractivity (Wildman–Crippen MR) is 54.4 cm³/mol. The molecule has 1 aliphatic carbocycles. The van der Waals surface area contributed by atoms with E-state index in [0.717, 1.165) is 6.42 Å². The summed E-state index contributed by atoms with van der Waals surface area (Å²) in [6.07, 6.45) is 1.61. The number of likely N-dealkylation sites (N-methyl/N-ethyl adjacent to an activating group) is 1. The zero-order valence-corrected chi connectivity index (χ0v) is 9.57. The van der Waals surface area contributed by atoms with E-state index in [9.17, 15) is 8.78 Å². The minimum atomic E-state index is -2.77. The van der Waals surface area contributed by atoms with Crippen LogP contribution < -0.4 is 0 Å². The Morgan fingerprint density at radius 2 is 2.06 bits per heavy atom. The average molecular weight is 233 g/mol. The Balaban J connectivity index is 2.14. The zero-order valence-electron chi connectivity index (χ0n) is 9.57. The van der Waals surface area contributed by atoms with Gasteiger partial charge in [-0.25, -0.2) is 8.78 Å². The fourth-order valence-corrected chi connectivity index (χ4v) is 2.43. The number of halogens is 2. The number of hydrogen-bond acceptors (Lipinski definition) is 4. The third kappa shape index (κ3) is 2.03. The van der Waals surface area contributed by atoms with E-state index in [2.05, 4.69) is 10.3 Å². The van der Waals surface area contributed by atoms with Crippen molar-refractivity contribution in [3.05, 3.63) is 0 Å². The van der Waals surface area contributed by atoms with Crippen molar-refractivity contribution < 1.29 is 13.5 Å². The van der Waals surface area contributed by atoms with Crippen molar-refractivity contribution >= 4 is 0 Å². The second-order valence-corrected chi connectivity index (χ2v) is 4.53. The Hall–Kier alpha value is -0.780. The number of fused-ring (bicyclic) bond motifs is 1. The normalized spacial score (nSPS) is 38.0. The first-order valence-electron chi connectivity index (χ1n) is 5.59. The summed E-state index contributed by atoms with van der Waals surface area (Å²) in [4.78, 5) is 0. The van der Waals surface area contributed by atoms with E-state index in [1.165, 1.54) is 0 Å². The molecule has 1 heterocycles. The topological polar surface area (TPSA) is 37.2 Å². The smallest absolute Gasteiger partial charge is 0.274 e. The standard InChI is InChI=1S/C10H17F2N3O/c1-15-8-4-3-7(16-2)5-6-10(11,12)9(8)13-14-15/h7-9H,3-6H2,1-2H3/t7-,8?,9?/m1/s1. The van der Waals surface area contributed by atoms with Crippen molar-refractivity contribution in [2.75, 3.05) is 14.2 Å². The Kier molecular flexibility index (Phi) is 3.10. The minimum absolute atomic E-state index is 0.0687. The maximum atomic E-state index is 13.8. The first-order chi connectivity index (χ1) is 7.54. The second-order valence-electron chi connectivity index (χ2n) is 4.53. The molecule has 0 N–H and O–H groups in total. The fraction of sp³-hybridized carbons (Fsp3) is 1.00. The molecule has 2 aliphatic rings. The van der Waals surface area contributed by atoms with Crippen LogP contribution in [0.2, 0.25) is 0 Å². The Morgan fingerprint density at radius 3 is 2.75 bits per heavy atom. The van der Waals surface area contributed by atoms with Crippen LogP contribution in [0, 0.1) is 0 Å². The van der Waals surface area contributed by atoms with Crippen LogP contribution in [0.4, 0.5) is 8.78 Å². The summed E-state index contributed by atoms with van der Waals surface area (Å²) in [6.45, 7) is 0. The van der Waals surface area contributed by atoms with Crippen molar-refractivity contribution in [2.45, 2.75) is 49.8 Å². The van der Waals surface area contributed by atoms with Crippen molar-refractivity contribution in [3.63, 3.8) is 0 Å². The van der Waals surface area contributed by atoms with Crippen molar-refractivity contribution in [1.29, 1.82) is 0 Å². The van der Waals surface area contributed by atoms with Gasteiger partial charge in [0, 0.05) is 20.6 Å². The van der Waals surface area contributed by atoms with Crippen LogP contribution in [0.3, 0.4) is 0 Å². The van der Waals surface area contributed by atoms with Gasteiger partial charge in [0.1, 0.15) is 0 Å². The molecule has 0 amide bonds. The zero-order chi connectivity index (χ0) is 11.8. The molecule has 0 bridgehead atoms. The number of ether oxygens (including phenoxy) is 1. The molecule has 0 aromatic rings. The lowest BCUT2D eigenvalue weighted by Crippen LogP contribution is -2.46. The molecule has 1 aliphatic heterocycles. The van der Waals surface area contributed by atoms with Gasteiger partial charge in [0.05, 0.1) is 12.1 Å². The molecule has 0 aromatic carbocycles. The molecular weight excluding hydrogens is 216 g/mol. The summed E-state index contributed by atoms with van der Waals surface area (Å²) < 4.78 is 32.9. The molecule has 1 saturated carbocycles. The fourth-order valence-electron chi connectivity index (χ4n) is 2.43. The minimum Gasteiger partial charge on any atom is -0.381 e. The van der Waals surface area contributed by atoms with Gasteiger partial charge in [-0.1, -0.05) is 5.22 Å². The molecule has 1 fully saturated rings. The van der Waals surface area contributed by atoms with Crippen LogP contribution >= 0.6 is 0 Å². The summed E-state index contributed by atoms with van der Waals surface area (Å²) in [7, 11) is 3.28. The summed E-state index contributed by atoms with van der Waals surface area (Å²) in [5.41, 5.74) is 0. The van der Waals surface area contributed by atoms with Crippen LogP contribution in [0.25, 0.3) is 0 Å².